The fourth-order valence-corrected chi connectivity index (χ4v) is 3.40. The van der Waals surface area contributed by atoms with Crippen LogP contribution in [-0.2, 0) is 16.6 Å². The maximum Gasteiger partial charge on any atom is 0.247 e. The highest BCUT2D eigenvalue weighted by atomic mass is 32.2. The Hall–Kier alpha value is -2.71. The van der Waals surface area contributed by atoms with E-state index in [0.717, 1.165) is 11.1 Å². The van der Waals surface area contributed by atoms with Crippen LogP contribution in [0.25, 0.3) is 11.5 Å². The van der Waals surface area contributed by atoms with Crippen LogP contribution in [0.1, 0.15) is 25.3 Å². The van der Waals surface area contributed by atoms with Crippen molar-refractivity contribution in [1.29, 1.82) is 0 Å². The van der Waals surface area contributed by atoms with Gasteiger partial charge in [-0.15, -0.1) is 10.2 Å². The zero-order valence-corrected chi connectivity index (χ0v) is 16.2. The van der Waals surface area contributed by atoms with Gasteiger partial charge in [-0.3, -0.25) is 0 Å². The van der Waals surface area contributed by atoms with Crippen molar-refractivity contribution in [3.05, 3.63) is 60.0 Å². The number of sulfonamides is 1. The largest absolute Gasteiger partial charge is 0.491 e. The number of rotatable bonds is 7. The molecule has 27 heavy (non-hydrogen) atoms. The summed E-state index contributed by atoms with van der Waals surface area (Å²) in [6, 6.07) is 13.9. The van der Waals surface area contributed by atoms with Crippen LogP contribution in [0, 0.1) is 6.92 Å². The average Bonchev–Trinajstić information content (AvgIpc) is 3.09. The minimum atomic E-state index is -3.70. The molecule has 0 fully saturated rings. The Kier molecular flexibility index (Phi) is 5.57. The number of nitrogens with one attached hydrogen (secondary N) is 1. The number of ether oxygens (including phenoxy) is 1. The standard InChI is InChI=1S/C19H21N3O4S/c1-13(2)25-16-7-9-17(10-8-16)27(23,24)20-12-18-21-22-19(26-18)15-6-4-5-14(3)11-15/h4-11,13,20H,12H2,1-3H3. The minimum absolute atomic E-state index is 0.0192. The van der Waals surface area contributed by atoms with Crippen LogP contribution < -0.4 is 9.46 Å². The second kappa shape index (κ2) is 7.89. The van der Waals surface area contributed by atoms with Gasteiger partial charge in [0.1, 0.15) is 5.75 Å². The van der Waals surface area contributed by atoms with Gasteiger partial charge in [0.25, 0.3) is 0 Å². The highest BCUT2D eigenvalue weighted by Crippen LogP contribution is 2.20. The molecule has 142 valence electrons. The smallest absolute Gasteiger partial charge is 0.247 e. The number of nitrogens with zero attached hydrogens (tertiary/aromatic N) is 2. The van der Waals surface area contributed by atoms with E-state index in [1.54, 1.807) is 12.1 Å². The van der Waals surface area contributed by atoms with E-state index >= 15 is 0 Å². The first-order valence-electron chi connectivity index (χ1n) is 8.49. The topological polar surface area (TPSA) is 94.3 Å². The molecule has 7 nitrogen and oxygen atoms in total. The lowest BCUT2D eigenvalue weighted by Gasteiger charge is -2.10. The summed E-state index contributed by atoms with van der Waals surface area (Å²) in [5, 5.41) is 7.87. The van der Waals surface area contributed by atoms with Crippen molar-refractivity contribution in [3.8, 4) is 17.2 Å². The van der Waals surface area contributed by atoms with Crippen LogP contribution in [0.4, 0.5) is 0 Å². The number of hydrogen-bond donors (Lipinski definition) is 1. The zero-order chi connectivity index (χ0) is 19.4. The molecule has 1 aromatic heterocycles. The second-order valence-corrected chi connectivity index (χ2v) is 8.10. The Balaban J connectivity index is 1.67. The highest BCUT2D eigenvalue weighted by Gasteiger charge is 2.16. The van der Waals surface area contributed by atoms with Crippen LogP contribution in [0.2, 0.25) is 0 Å². The van der Waals surface area contributed by atoms with E-state index in [9.17, 15) is 8.42 Å². The van der Waals surface area contributed by atoms with Gasteiger partial charge in [-0.25, -0.2) is 13.1 Å². The highest BCUT2D eigenvalue weighted by molar-refractivity contribution is 7.89. The molecule has 0 saturated heterocycles. The van der Waals surface area contributed by atoms with Crippen molar-refractivity contribution >= 4 is 10.0 Å². The summed E-state index contributed by atoms with van der Waals surface area (Å²) in [5.41, 5.74) is 1.86. The van der Waals surface area contributed by atoms with Crippen molar-refractivity contribution in [2.45, 2.75) is 38.3 Å². The normalized spacial score (nSPS) is 11.7. The van der Waals surface area contributed by atoms with Gasteiger partial charge in [0.15, 0.2) is 0 Å². The predicted octanol–water partition coefficient (Wildman–Crippen LogP) is 3.31. The summed E-state index contributed by atoms with van der Waals surface area (Å²) in [6.45, 7) is 5.68. The van der Waals surface area contributed by atoms with Crippen molar-refractivity contribution < 1.29 is 17.6 Å². The lowest BCUT2D eigenvalue weighted by Crippen LogP contribution is -2.23. The van der Waals surface area contributed by atoms with E-state index in [0.29, 0.717) is 11.6 Å². The Morgan fingerprint density at radius 3 is 2.52 bits per heavy atom. The molecule has 0 atom stereocenters. The number of aromatic nitrogens is 2. The first-order chi connectivity index (χ1) is 12.8. The summed E-state index contributed by atoms with van der Waals surface area (Å²) in [6.07, 6.45) is 0.0192. The van der Waals surface area contributed by atoms with Gasteiger partial charge in [0, 0.05) is 5.56 Å². The molecule has 0 aliphatic rings. The van der Waals surface area contributed by atoms with Crippen molar-refractivity contribution in [2.24, 2.45) is 0 Å². The van der Waals surface area contributed by atoms with Gasteiger partial charge in [-0.05, 0) is 57.2 Å². The van der Waals surface area contributed by atoms with E-state index in [-0.39, 0.29) is 23.4 Å². The predicted molar refractivity (Wildman–Crippen MR) is 101 cm³/mol. The molecule has 0 radical (unpaired) electrons. The molecule has 0 bridgehead atoms. The molecule has 0 aliphatic carbocycles. The Labute approximate surface area is 158 Å². The SMILES string of the molecule is Cc1cccc(-c2nnc(CNS(=O)(=O)c3ccc(OC(C)C)cc3)o2)c1. The number of benzene rings is 2. The molecule has 1 heterocycles. The van der Waals surface area contributed by atoms with Crippen LogP contribution in [0.3, 0.4) is 0 Å². The summed E-state index contributed by atoms with van der Waals surface area (Å²) in [5.74, 6) is 1.15. The van der Waals surface area contributed by atoms with Gasteiger partial charge in [0.05, 0.1) is 17.5 Å². The minimum Gasteiger partial charge on any atom is -0.491 e. The molecule has 0 aliphatic heterocycles. The van der Waals surface area contributed by atoms with Crippen molar-refractivity contribution in [1.82, 2.24) is 14.9 Å². The monoisotopic (exact) mass is 387 g/mol. The maximum absolute atomic E-state index is 12.4. The second-order valence-electron chi connectivity index (χ2n) is 6.33. The fraction of sp³-hybridized carbons (Fsp3) is 0.263. The van der Waals surface area contributed by atoms with Crippen molar-refractivity contribution in [3.63, 3.8) is 0 Å². The zero-order valence-electron chi connectivity index (χ0n) is 15.3. The van der Waals surface area contributed by atoms with E-state index in [1.165, 1.54) is 12.1 Å². The third-order valence-corrected chi connectivity index (χ3v) is 5.07. The van der Waals surface area contributed by atoms with E-state index in [4.69, 9.17) is 9.15 Å². The molecule has 3 rings (SSSR count). The summed E-state index contributed by atoms with van der Waals surface area (Å²) in [4.78, 5) is 0.136. The van der Waals surface area contributed by atoms with Gasteiger partial charge < -0.3 is 9.15 Å². The first kappa shape index (κ1) is 19.1. The molecule has 0 unspecified atom stereocenters. The van der Waals surface area contributed by atoms with Crippen LogP contribution in [0.15, 0.2) is 57.8 Å². The van der Waals surface area contributed by atoms with Gasteiger partial charge in [-0.1, -0.05) is 17.7 Å². The summed E-state index contributed by atoms with van der Waals surface area (Å²) >= 11 is 0. The first-order valence-corrected chi connectivity index (χ1v) is 9.97. The molecule has 0 spiro atoms. The van der Waals surface area contributed by atoms with E-state index < -0.39 is 10.0 Å². The summed E-state index contributed by atoms with van der Waals surface area (Å²) in [7, 11) is -3.70. The molecule has 8 heteroatoms. The molecular weight excluding hydrogens is 366 g/mol. The van der Waals surface area contributed by atoms with Crippen molar-refractivity contribution in [2.75, 3.05) is 0 Å². The average molecular weight is 387 g/mol. The third-order valence-electron chi connectivity index (χ3n) is 3.65. The molecule has 1 N–H and O–H groups in total. The third kappa shape index (κ3) is 4.93. The quantitative estimate of drug-likeness (QED) is 0.668. The number of aryl methyl sites for hydroxylation is 1. The Bertz CT molecular complexity index is 1010. The van der Waals surface area contributed by atoms with Gasteiger partial charge in [-0.2, -0.15) is 0 Å². The number of hydrogen-bond acceptors (Lipinski definition) is 6. The molecule has 2 aromatic carbocycles. The van der Waals surface area contributed by atoms with Gasteiger partial charge >= 0.3 is 0 Å². The molecule has 0 amide bonds. The van der Waals surface area contributed by atoms with E-state index in [1.807, 2.05) is 45.0 Å². The fourth-order valence-electron chi connectivity index (χ4n) is 2.43. The van der Waals surface area contributed by atoms with Crippen LogP contribution >= 0.6 is 0 Å². The molecule has 3 aromatic rings. The molecule has 0 saturated carbocycles. The lowest BCUT2D eigenvalue weighted by molar-refractivity contribution is 0.242. The van der Waals surface area contributed by atoms with Crippen LogP contribution in [0.5, 0.6) is 5.75 Å². The molecular formula is C19H21N3O4S. The van der Waals surface area contributed by atoms with E-state index in [2.05, 4.69) is 14.9 Å². The lowest BCUT2D eigenvalue weighted by atomic mass is 10.1. The Morgan fingerprint density at radius 1 is 1.11 bits per heavy atom. The Morgan fingerprint density at radius 2 is 1.85 bits per heavy atom. The van der Waals surface area contributed by atoms with Crippen LogP contribution in [-0.4, -0.2) is 24.7 Å². The van der Waals surface area contributed by atoms with Gasteiger partial charge in [0.2, 0.25) is 21.8 Å². The summed E-state index contributed by atoms with van der Waals surface area (Å²) < 4.78 is 38.4. The maximum atomic E-state index is 12.4.